The second kappa shape index (κ2) is 3.16. The summed E-state index contributed by atoms with van der Waals surface area (Å²) in [6.45, 7) is 2.88. The van der Waals surface area contributed by atoms with Gasteiger partial charge in [-0.2, -0.15) is 0 Å². The second-order valence-corrected chi connectivity index (χ2v) is 3.75. The maximum Gasteiger partial charge on any atom is 0.140 e. The highest BCUT2D eigenvalue weighted by molar-refractivity contribution is 6.32. The molecule has 0 heterocycles. The SMILES string of the molecule is CC(C)(O)c1cc(F)cc(Cl)c1O. The van der Waals surface area contributed by atoms with E-state index >= 15 is 0 Å². The van der Waals surface area contributed by atoms with Gasteiger partial charge in [0.15, 0.2) is 0 Å². The molecule has 0 aliphatic rings. The van der Waals surface area contributed by atoms with E-state index in [9.17, 15) is 14.6 Å². The van der Waals surface area contributed by atoms with Gasteiger partial charge in [0.05, 0.1) is 10.6 Å². The number of phenols is 1. The fourth-order valence-electron chi connectivity index (χ4n) is 1.03. The monoisotopic (exact) mass is 204 g/mol. The first kappa shape index (κ1) is 10.3. The first-order chi connectivity index (χ1) is 5.82. The minimum absolute atomic E-state index is 0.0810. The Balaban J connectivity index is 3.37. The molecule has 1 aromatic carbocycles. The van der Waals surface area contributed by atoms with E-state index in [-0.39, 0.29) is 16.3 Å². The Hall–Kier alpha value is -0.800. The van der Waals surface area contributed by atoms with Crippen molar-refractivity contribution in [1.82, 2.24) is 0 Å². The molecule has 13 heavy (non-hydrogen) atoms. The normalized spacial score (nSPS) is 11.8. The highest BCUT2D eigenvalue weighted by Gasteiger charge is 2.22. The van der Waals surface area contributed by atoms with Crippen molar-refractivity contribution in [2.24, 2.45) is 0 Å². The van der Waals surface area contributed by atoms with Crippen LogP contribution in [0.3, 0.4) is 0 Å². The van der Waals surface area contributed by atoms with Crippen LogP contribution < -0.4 is 0 Å². The van der Waals surface area contributed by atoms with Gasteiger partial charge in [0, 0.05) is 5.56 Å². The Morgan fingerprint density at radius 3 is 2.38 bits per heavy atom. The van der Waals surface area contributed by atoms with Crippen LogP contribution in [-0.2, 0) is 5.60 Å². The van der Waals surface area contributed by atoms with Gasteiger partial charge in [0.2, 0.25) is 0 Å². The van der Waals surface area contributed by atoms with Gasteiger partial charge in [0.1, 0.15) is 11.6 Å². The summed E-state index contributed by atoms with van der Waals surface area (Å²) in [4.78, 5) is 0. The van der Waals surface area contributed by atoms with E-state index in [0.717, 1.165) is 12.1 Å². The minimum atomic E-state index is -1.31. The van der Waals surface area contributed by atoms with E-state index in [4.69, 9.17) is 11.6 Å². The summed E-state index contributed by atoms with van der Waals surface area (Å²) < 4.78 is 12.8. The molecular weight excluding hydrogens is 195 g/mol. The minimum Gasteiger partial charge on any atom is -0.506 e. The average Bonchev–Trinajstić information content (AvgIpc) is 1.94. The van der Waals surface area contributed by atoms with E-state index in [1.54, 1.807) is 0 Å². The molecule has 0 saturated heterocycles. The van der Waals surface area contributed by atoms with Crippen LogP contribution in [0.1, 0.15) is 19.4 Å². The van der Waals surface area contributed by atoms with E-state index in [1.165, 1.54) is 13.8 Å². The molecule has 4 heteroatoms. The number of halogens is 2. The van der Waals surface area contributed by atoms with Crippen LogP contribution in [0.15, 0.2) is 12.1 Å². The average molecular weight is 205 g/mol. The summed E-state index contributed by atoms with van der Waals surface area (Å²) >= 11 is 5.52. The molecule has 0 unspecified atom stereocenters. The van der Waals surface area contributed by atoms with Gasteiger partial charge >= 0.3 is 0 Å². The van der Waals surface area contributed by atoms with Crippen molar-refractivity contribution < 1.29 is 14.6 Å². The predicted octanol–water partition coefficient (Wildman–Crippen LogP) is 2.41. The molecule has 72 valence electrons. The van der Waals surface area contributed by atoms with Crippen LogP contribution in [0.4, 0.5) is 4.39 Å². The zero-order valence-corrected chi connectivity index (χ0v) is 8.06. The van der Waals surface area contributed by atoms with E-state index in [2.05, 4.69) is 0 Å². The van der Waals surface area contributed by atoms with Crippen molar-refractivity contribution in [3.8, 4) is 5.75 Å². The third-order valence-electron chi connectivity index (χ3n) is 1.69. The summed E-state index contributed by atoms with van der Waals surface area (Å²) in [7, 11) is 0. The molecule has 0 spiro atoms. The Labute approximate surface area is 80.6 Å². The van der Waals surface area contributed by atoms with Crippen LogP contribution in [0.2, 0.25) is 5.02 Å². The molecule has 0 fully saturated rings. The summed E-state index contributed by atoms with van der Waals surface area (Å²) in [5.41, 5.74) is -1.23. The van der Waals surface area contributed by atoms with Crippen molar-refractivity contribution in [3.63, 3.8) is 0 Å². The fourth-order valence-corrected chi connectivity index (χ4v) is 1.24. The lowest BCUT2D eigenvalue weighted by molar-refractivity contribution is 0.0754. The van der Waals surface area contributed by atoms with Crippen LogP contribution in [0, 0.1) is 5.82 Å². The van der Waals surface area contributed by atoms with E-state index < -0.39 is 11.4 Å². The zero-order valence-electron chi connectivity index (χ0n) is 7.31. The quantitative estimate of drug-likeness (QED) is 0.738. The molecule has 0 radical (unpaired) electrons. The molecule has 2 nitrogen and oxygen atoms in total. The Morgan fingerprint density at radius 1 is 1.38 bits per heavy atom. The van der Waals surface area contributed by atoms with Crippen molar-refractivity contribution >= 4 is 11.6 Å². The largest absolute Gasteiger partial charge is 0.506 e. The zero-order chi connectivity index (χ0) is 10.2. The standard InChI is InChI=1S/C9H10ClFO2/c1-9(2,13)6-3-5(11)4-7(10)8(6)12/h3-4,12-13H,1-2H3. The first-order valence-corrected chi connectivity index (χ1v) is 4.11. The first-order valence-electron chi connectivity index (χ1n) is 3.73. The Kier molecular flexibility index (Phi) is 2.50. The number of aromatic hydroxyl groups is 1. The number of rotatable bonds is 1. The summed E-state index contributed by atoms with van der Waals surface area (Å²) in [6, 6.07) is 2.05. The molecule has 1 rings (SSSR count). The number of hydrogen-bond donors (Lipinski definition) is 2. The number of benzene rings is 1. The lowest BCUT2D eigenvalue weighted by atomic mass is 9.97. The van der Waals surface area contributed by atoms with Gasteiger partial charge in [-0.1, -0.05) is 11.6 Å². The van der Waals surface area contributed by atoms with Gasteiger partial charge < -0.3 is 10.2 Å². The van der Waals surface area contributed by atoms with Gasteiger partial charge in [-0.3, -0.25) is 0 Å². The van der Waals surface area contributed by atoms with Crippen molar-refractivity contribution in [1.29, 1.82) is 0 Å². The second-order valence-electron chi connectivity index (χ2n) is 3.34. The third-order valence-corrected chi connectivity index (χ3v) is 1.98. The van der Waals surface area contributed by atoms with Crippen molar-refractivity contribution in [2.45, 2.75) is 19.4 Å². The van der Waals surface area contributed by atoms with Crippen LogP contribution in [0.25, 0.3) is 0 Å². The van der Waals surface area contributed by atoms with Gasteiger partial charge in [-0.25, -0.2) is 4.39 Å². The van der Waals surface area contributed by atoms with Crippen LogP contribution >= 0.6 is 11.6 Å². The summed E-state index contributed by atoms with van der Waals surface area (Å²) in [6.07, 6.45) is 0. The van der Waals surface area contributed by atoms with Crippen molar-refractivity contribution in [3.05, 3.63) is 28.5 Å². The molecule has 0 saturated carbocycles. The lowest BCUT2D eigenvalue weighted by Gasteiger charge is -2.19. The fraction of sp³-hybridized carbons (Fsp3) is 0.333. The highest BCUT2D eigenvalue weighted by atomic mass is 35.5. The van der Waals surface area contributed by atoms with Crippen molar-refractivity contribution in [2.75, 3.05) is 0 Å². The molecular formula is C9H10ClFO2. The molecule has 0 amide bonds. The molecule has 1 aromatic rings. The van der Waals surface area contributed by atoms with E-state index in [1.807, 2.05) is 0 Å². The van der Waals surface area contributed by atoms with Crippen LogP contribution in [-0.4, -0.2) is 10.2 Å². The third kappa shape index (κ3) is 2.11. The van der Waals surface area contributed by atoms with Crippen LogP contribution in [0.5, 0.6) is 5.75 Å². The summed E-state index contributed by atoms with van der Waals surface area (Å²) in [5.74, 6) is -0.865. The smallest absolute Gasteiger partial charge is 0.140 e. The molecule has 0 aromatic heterocycles. The lowest BCUT2D eigenvalue weighted by Crippen LogP contribution is -2.16. The molecule has 2 N–H and O–H groups in total. The molecule has 0 aliphatic heterocycles. The highest BCUT2D eigenvalue weighted by Crippen LogP contribution is 2.35. The van der Waals surface area contributed by atoms with E-state index in [0.29, 0.717) is 0 Å². The Bertz CT molecular complexity index is 331. The molecule has 0 atom stereocenters. The number of phenolic OH excluding ortho intramolecular Hbond substituents is 1. The number of hydrogen-bond acceptors (Lipinski definition) is 2. The molecule has 0 aliphatic carbocycles. The topological polar surface area (TPSA) is 40.5 Å². The van der Waals surface area contributed by atoms with Gasteiger partial charge in [0.25, 0.3) is 0 Å². The summed E-state index contributed by atoms with van der Waals surface area (Å²) in [5, 5.41) is 18.8. The Morgan fingerprint density at radius 2 is 1.92 bits per heavy atom. The number of aliphatic hydroxyl groups is 1. The van der Waals surface area contributed by atoms with Gasteiger partial charge in [-0.05, 0) is 26.0 Å². The predicted molar refractivity (Wildman–Crippen MR) is 48.3 cm³/mol. The maximum atomic E-state index is 12.8. The van der Waals surface area contributed by atoms with Gasteiger partial charge in [-0.15, -0.1) is 0 Å². The maximum absolute atomic E-state index is 12.8. The molecule has 0 bridgehead atoms.